The molecule has 0 unspecified atom stereocenters. The second-order valence-corrected chi connectivity index (χ2v) is 9.41. The van der Waals surface area contributed by atoms with E-state index in [-0.39, 0.29) is 25.2 Å². The van der Waals surface area contributed by atoms with Gasteiger partial charge in [0.05, 0.1) is 18.4 Å². The summed E-state index contributed by atoms with van der Waals surface area (Å²) in [6, 6.07) is 9.52. The minimum Gasteiger partial charge on any atom is -0.395 e. The van der Waals surface area contributed by atoms with Crippen LogP contribution in [0.1, 0.15) is 25.7 Å². The van der Waals surface area contributed by atoms with Gasteiger partial charge in [-0.1, -0.05) is 17.3 Å². The number of fused-ring (bicyclic) bond motifs is 1. The van der Waals surface area contributed by atoms with Gasteiger partial charge in [-0.15, -0.1) is 5.10 Å². The molecule has 0 aliphatic heterocycles. The van der Waals surface area contributed by atoms with Gasteiger partial charge >= 0.3 is 0 Å². The first-order chi connectivity index (χ1) is 14.5. The number of para-hydroxylation sites is 1. The third-order valence-electron chi connectivity index (χ3n) is 5.39. The van der Waals surface area contributed by atoms with Crippen LogP contribution in [0.2, 0.25) is 0 Å². The molecule has 2 aromatic heterocycles. The molecule has 1 saturated carbocycles. The molecule has 1 aromatic carbocycles. The molecule has 1 aliphatic rings. The lowest BCUT2D eigenvalue weighted by Crippen LogP contribution is -2.44. The van der Waals surface area contributed by atoms with Gasteiger partial charge in [0.15, 0.2) is 5.82 Å². The van der Waals surface area contributed by atoms with Crippen molar-refractivity contribution >= 4 is 27.0 Å². The number of aromatic nitrogens is 5. The number of rotatable bonds is 7. The van der Waals surface area contributed by atoms with Gasteiger partial charge < -0.3 is 10.4 Å². The molecule has 1 aliphatic carbocycles. The van der Waals surface area contributed by atoms with E-state index >= 15 is 0 Å². The standard InChI is InChI=1S/C19H25N7O3S/c1-30(28,29)25(12-13-27)15-8-6-14(7-9-15)21-19-20-11-10-18(22-19)26-17-5-3-2-4-16(17)23-24-26/h2-5,10-11,14-15,27H,6-9,12-13H2,1H3,(H,20,21,22). The zero-order chi connectivity index (χ0) is 21.1. The summed E-state index contributed by atoms with van der Waals surface area (Å²) in [6.45, 7) is -0.0402. The van der Waals surface area contributed by atoms with Gasteiger partial charge in [-0.25, -0.2) is 13.4 Å². The number of sulfonamides is 1. The highest BCUT2D eigenvalue weighted by Crippen LogP contribution is 2.26. The molecule has 4 rings (SSSR count). The van der Waals surface area contributed by atoms with Crippen LogP contribution in [0.3, 0.4) is 0 Å². The molecule has 11 heteroatoms. The number of hydrogen-bond donors (Lipinski definition) is 2. The van der Waals surface area contributed by atoms with Crippen molar-refractivity contribution in [3.05, 3.63) is 36.5 Å². The van der Waals surface area contributed by atoms with Crippen molar-refractivity contribution in [1.82, 2.24) is 29.3 Å². The minimum atomic E-state index is -3.34. The Morgan fingerprint density at radius 1 is 1.20 bits per heavy atom. The lowest BCUT2D eigenvalue weighted by atomic mass is 9.91. The van der Waals surface area contributed by atoms with Gasteiger partial charge in [0.25, 0.3) is 0 Å². The average molecular weight is 432 g/mol. The summed E-state index contributed by atoms with van der Waals surface area (Å²) in [5.74, 6) is 1.13. The van der Waals surface area contributed by atoms with Crippen LogP contribution in [0.15, 0.2) is 36.5 Å². The predicted octanol–water partition coefficient (Wildman–Crippen LogP) is 1.19. The van der Waals surface area contributed by atoms with Crippen LogP contribution in [0.4, 0.5) is 5.95 Å². The minimum absolute atomic E-state index is 0.0843. The largest absolute Gasteiger partial charge is 0.395 e. The van der Waals surface area contributed by atoms with Gasteiger partial charge in [-0.05, 0) is 37.8 Å². The molecule has 160 valence electrons. The number of aliphatic hydroxyl groups excluding tert-OH is 1. The van der Waals surface area contributed by atoms with Crippen molar-refractivity contribution < 1.29 is 13.5 Å². The van der Waals surface area contributed by atoms with E-state index in [2.05, 4.69) is 25.6 Å². The summed E-state index contributed by atoms with van der Waals surface area (Å²) in [7, 11) is -3.34. The number of nitrogens with one attached hydrogen (secondary N) is 1. The van der Waals surface area contributed by atoms with Crippen LogP contribution >= 0.6 is 0 Å². The number of nitrogens with zero attached hydrogens (tertiary/aromatic N) is 6. The third kappa shape index (κ3) is 4.42. The molecule has 30 heavy (non-hydrogen) atoms. The van der Waals surface area contributed by atoms with Crippen molar-refractivity contribution in [1.29, 1.82) is 0 Å². The maximum Gasteiger partial charge on any atom is 0.224 e. The molecule has 0 saturated heterocycles. The second kappa shape index (κ2) is 8.62. The summed E-state index contributed by atoms with van der Waals surface area (Å²) in [5, 5.41) is 20.9. The van der Waals surface area contributed by atoms with E-state index in [9.17, 15) is 13.5 Å². The maximum atomic E-state index is 12.0. The van der Waals surface area contributed by atoms with Crippen LogP contribution in [0.25, 0.3) is 16.9 Å². The molecule has 10 nitrogen and oxygen atoms in total. The van der Waals surface area contributed by atoms with Crippen LogP contribution in [0, 0.1) is 0 Å². The van der Waals surface area contributed by atoms with Crippen molar-refractivity contribution in [3.8, 4) is 5.82 Å². The van der Waals surface area contributed by atoms with Crippen LogP contribution in [-0.4, -0.2) is 74.3 Å². The van der Waals surface area contributed by atoms with E-state index in [1.165, 1.54) is 10.6 Å². The molecule has 0 bridgehead atoms. The maximum absolute atomic E-state index is 12.0. The molecule has 0 atom stereocenters. The first-order valence-electron chi connectivity index (χ1n) is 9.94. The Hall–Kier alpha value is -2.63. The quantitative estimate of drug-likeness (QED) is 0.571. The third-order valence-corrected chi connectivity index (χ3v) is 6.73. The zero-order valence-corrected chi connectivity index (χ0v) is 17.5. The average Bonchev–Trinajstić information content (AvgIpc) is 3.16. The molecule has 0 amide bonds. The lowest BCUT2D eigenvalue weighted by Gasteiger charge is -2.35. The van der Waals surface area contributed by atoms with Crippen molar-refractivity contribution in [2.45, 2.75) is 37.8 Å². The fourth-order valence-corrected chi connectivity index (χ4v) is 5.15. The van der Waals surface area contributed by atoms with E-state index in [0.717, 1.165) is 36.7 Å². The van der Waals surface area contributed by atoms with Crippen molar-refractivity contribution in [3.63, 3.8) is 0 Å². The summed E-state index contributed by atoms with van der Waals surface area (Å²) < 4.78 is 27.1. The number of anilines is 1. The smallest absolute Gasteiger partial charge is 0.224 e. The van der Waals surface area contributed by atoms with Crippen LogP contribution in [-0.2, 0) is 10.0 Å². The van der Waals surface area contributed by atoms with E-state index < -0.39 is 10.0 Å². The Balaban J connectivity index is 1.43. The fraction of sp³-hybridized carbons (Fsp3) is 0.474. The first-order valence-corrected chi connectivity index (χ1v) is 11.8. The van der Waals surface area contributed by atoms with Gasteiger partial charge in [-0.2, -0.15) is 14.0 Å². The Kier molecular flexibility index (Phi) is 5.93. The predicted molar refractivity (Wildman–Crippen MR) is 113 cm³/mol. The Morgan fingerprint density at radius 2 is 1.97 bits per heavy atom. The molecule has 2 heterocycles. The molecule has 0 spiro atoms. The Labute approximate surface area is 175 Å². The van der Waals surface area contributed by atoms with Gasteiger partial charge in [-0.3, -0.25) is 0 Å². The zero-order valence-electron chi connectivity index (χ0n) is 16.7. The van der Waals surface area contributed by atoms with Crippen molar-refractivity contribution in [2.24, 2.45) is 0 Å². The molecule has 3 aromatic rings. The van der Waals surface area contributed by atoms with E-state index in [4.69, 9.17) is 0 Å². The van der Waals surface area contributed by atoms with E-state index in [1.807, 2.05) is 24.3 Å². The van der Waals surface area contributed by atoms with Crippen molar-refractivity contribution in [2.75, 3.05) is 24.7 Å². The molecular formula is C19H25N7O3S. The molecular weight excluding hydrogens is 406 g/mol. The summed E-state index contributed by atoms with van der Waals surface area (Å²) >= 11 is 0. The monoisotopic (exact) mass is 431 g/mol. The summed E-state index contributed by atoms with van der Waals surface area (Å²) in [5.41, 5.74) is 1.66. The van der Waals surface area contributed by atoms with Crippen LogP contribution in [0.5, 0.6) is 0 Å². The highest BCUT2D eigenvalue weighted by molar-refractivity contribution is 7.88. The number of hydrogen-bond acceptors (Lipinski definition) is 8. The highest BCUT2D eigenvalue weighted by Gasteiger charge is 2.30. The fourth-order valence-electron chi connectivity index (χ4n) is 3.98. The van der Waals surface area contributed by atoms with Gasteiger partial charge in [0.2, 0.25) is 16.0 Å². The van der Waals surface area contributed by atoms with E-state index in [0.29, 0.717) is 11.8 Å². The summed E-state index contributed by atoms with van der Waals surface area (Å²) in [6.07, 6.45) is 5.90. The van der Waals surface area contributed by atoms with Gasteiger partial charge in [0.1, 0.15) is 5.52 Å². The van der Waals surface area contributed by atoms with Crippen LogP contribution < -0.4 is 5.32 Å². The van der Waals surface area contributed by atoms with Gasteiger partial charge in [0, 0.05) is 30.9 Å². The Bertz CT molecular complexity index is 1110. The highest BCUT2D eigenvalue weighted by atomic mass is 32.2. The molecule has 0 radical (unpaired) electrons. The summed E-state index contributed by atoms with van der Waals surface area (Å²) in [4.78, 5) is 8.90. The number of benzene rings is 1. The SMILES string of the molecule is CS(=O)(=O)N(CCO)C1CCC(Nc2nccc(-n3nnc4ccccc43)n2)CC1. The van der Waals surface area contributed by atoms with E-state index in [1.54, 1.807) is 16.9 Å². The lowest BCUT2D eigenvalue weighted by molar-refractivity contribution is 0.196. The topological polar surface area (TPSA) is 126 Å². The number of aliphatic hydroxyl groups is 1. The first kappa shape index (κ1) is 20.6. The molecule has 1 fully saturated rings. The second-order valence-electron chi connectivity index (χ2n) is 7.48. The normalized spacial score (nSPS) is 20.0. The molecule has 2 N–H and O–H groups in total. The Morgan fingerprint density at radius 3 is 2.70 bits per heavy atom.